The Labute approximate surface area is 116 Å². The molecule has 0 atom stereocenters. The monoisotopic (exact) mass is 276 g/mol. The molecule has 100 valence electrons. The number of aryl methyl sites for hydroxylation is 1. The molecule has 0 saturated carbocycles. The van der Waals surface area contributed by atoms with Gasteiger partial charge in [0.15, 0.2) is 5.69 Å². The fraction of sp³-hybridized carbons (Fsp3) is 0.286. The second-order valence-corrected chi connectivity index (χ2v) is 5.26. The van der Waals surface area contributed by atoms with Crippen LogP contribution in [0.15, 0.2) is 45.8 Å². The first-order valence-corrected chi connectivity index (χ1v) is 7.13. The Kier molecular flexibility index (Phi) is 5.03. The van der Waals surface area contributed by atoms with E-state index in [2.05, 4.69) is 22.6 Å². The third-order valence-electron chi connectivity index (χ3n) is 2.48. The van der Waals surface area contributed by atoms with Crippen molar-refractivity contribution in [3.8, 4) is 0 Å². The minimum absolute atomic E-state index is 0.179. The van der Waals surface area contributed by atoms with Gasteiger partial charge >= 0.3 is 0 Å². The third-order valence-corrected chi connectivity index (χ3v) is 3.58. The third kappa shape index (κ3) is 4.44. The summed E-state index contributed by atoms with van der Waals surface area (Å²) < 4.78 is 4.86. The van der Waals surface area contributed by atoms with Crippen molar-refractivity contribution in [3.63, 3.8) is 0 Å². The lowest BCUT2D eigenvalue weighted by atomic mass is 10.3. The van der Waals surface area contributed by atoms with Crippen molar-refractivity contribution in [3.05, 3.63) is 47.9 Å². The first-order chi connectivity index (χ1) is 9.25. The topological polar surface area (TPSA) is 55.1 Å². The number of thioether (sulfide) groups is 1. The molecule has 1 N–H and O–H groups in total. The van der Waals surface area contributed by atoms with Crippen molar-refractivity contribution < 1.29 is 9.32 Å². The summed E-state index contributed by atoms with van der Waals surface area (Å²) in [6.07, 6.45) is 0.919. The predicted octanol–water partition coefficient (Wildman–Crippen LogP) is 2.90. The van der Waals surface area contributed by atoms with Gasteiger partial charge in [-0.25, -0.2) is 0 Å². The van der Waals surface area contributed by atoms with E-state index in [0.717, 1.165) is 12.2 Å². The van der Waals surface area contributed by atoms with Gasteiger partial charge in [0, 0.05) is 17.5 Å². The Morgan fingerprint density at radius 3 is 2.84 bits per heavy atom. The minimum atomic E-state index is -0.179. The standard InChI is InChI=1S/C14H16N2O2S/c1-11-10-13(16-18-11)14(17)15-8-5-9-19-12-6-3-2-4-7-12/h2-4,6-7,10H,5,8-9H2,1H3,(H,15,17). The molecule has 0 fully saturated rings. The summed E-state index contributed by atoms with van der Waals surface area (Å²) in [5.41, 5.74) is 0.341. The van der Waals surface area contributed by atoms with Crippen LogP contribution in [0.2, 0.25) is 0 Å². The summed E-state index contributed by atoms with van der Waals surface area (Å²) in [5, 5.41) is 6.49. The number of hydrogen-bond acceptors (Lipinski definition) is 4. The van der Waals surface area contributed by atoms with E-state index in [-0.39, 0.29) is 5.91 Å². The van der Waals surface area contributed by atoms with Gasteiger partial charge in [0.25, 0.3) is 5.91 Å². The first-order valence-electron chi connectivity index (χ1n) is 6.15. The van der Waals surface area contributed by atoms with Crippen LogP contribution < -0.4 is 5.32 Å². The maximum Gasteiger partial charge on any atom is 0.273 e. The fourth-order valence-corrected chi connectivity index (χ4v) is 2.42. The maximum absolute atomic E-state index is 11.7. The number of nitrogens with zero attached hydrogens (tertiary/aromatic N) is 1. The van der Waals surface area contributed by atoms with Gasteiger partial charge in [-0.1, -0.05) is 23.4 Å². The van der Waals surface area contributed by atoms with E-state index in [1.54, 1.807) is 24.8 Å². The van der Waals surface area contributed by atoms with Gasteiger partial charge in [-0.3, -0.25) is 4.79 Å². The van der Waals surface area contributed by atoms with Gasteiger partial charge < -0.3 is 9.84 Å². The average Bonchev–Trinajstić information content (AvgIpc) is 2.86. The van der Waals surface area contributed by atoms with Crippen LogP contribution in [0.4, 0.5) is 0 Å². The summed E-state index contributed by atoms with van der Waals surface area (Å²) in [6, 6.07) is 11.9. The summed E-state index contributed by atoms with van der Waals surface area (Å²) in [4.78, 5) is 12.9. The first kappa shape index (κ1) is 13.7. The van der Waals surface area contributed by atoms with E-state index >= 15 is 0 Å². The van der Waals surface area contributed by atoms with E-state index in [9.17, 15) is 4.79 Å². The lowest BCUT2D eigenvalue weighted by Crippen LogP contribution is -2.25. The highest BCUT2D eigenvalue weighted by Gasteiger charge is 2.09. The Morgan fingerprint density at radius 2 is 2.16 bits per heavy atom. The molecule has 0 bridgehead atoms. The number of hydrogen-bond donors (Lipinski definition) is 1. The summed E-state index contributed by atoms with van der Waals surface area (Å²) in [5.74, 6) is 1.44. The lowest BCUT2D eigenvalue weighted by molar-refractivity contribution is 0.0944. The van der Waals surface area contributed by atoms with Crippen LogP contribution in [0.3, 0.4) is 0 Å². The molecule has 1 heterocycles. The van der Waals surface area contributed by atoms with Crippen molar-refractivity contribution in [2.24, 2.45) is 0 Å². The summed E-state index contributed by atoms with van der Waals surface area (Å²) in [6.45, 7) is 2.41. The van der Waals surface area contributed by atoms with E-state index in [1.165, 1.54) is 4.90 Å². The van der Waals surface area contributed by atoms with Gasteiger partial charge in [0.2, 0.25) is 0 Å². The normalized spacial score (nSPS) is 10.4. The van der Waals surface area contributed by atoms with E-state index in [1.807, 2.05) is 18.2 Å². The van der Waals surface area contributed by atoms with Gasteiger partial charge in [-0.15, -0.1) is 11.8 Å². The second kappa shape index (κ2) is 6.99. The van der Waals surface area contributed by atoms with E-state index in [0.29, 0.717) is 18.0 Å². The molecule has 0 aliphatic carbocycles. The van der Waals surface area contributed by atoms with Gasteiger partial charge in [0.05, 0.1) is 0 Å². The van der Waals surface area contributed by atoms with Gasteiger partial charge in [0.1, 0.15) is 5.76 Å². The zero-order chi connectivity index (χ0) is 13.5. The number of benzene rings is 1. The van der Waals surface area contributed by atoms with Crippen LogP contribution in [0.25, 0.3) is 0 Å². The van der Waals surface area contributed by atoms with Crippen LogP contribution in [0, 0.1) is 6.92 Å². The van der Waals surface area contributed by atoms with Gasteiger partial charge in [-0.2, -0.15) is 0 Å². The van der Waals surface area contributed by atoms with Crippen LogP contribution in [-0.2, 0) is 0 Å². The van der Waals surface area contributed by atoms with Gasteiger partial charge in [-0.05, 0) is 31.2 Å². The molecule has 5 heteroatoms. The molecule has 1 aromatic heterocycles. The molecule has 0 aliphatic rings. The highest BCUT2D eigenvalue weighted by molar-refractivity contribution is 7.99. The predicted molar refractivity (Wildman–Crippen MR) is 75.4 cm³/mol. The summed E-state index contributed by atoms with van der Waals surface area (Å²) >= 11 is 1.79. The average molecular weight is 276 g/mol. The Morgan fingerprint density at radius 1 is 1.37 bits per heavy atom. The maximum atomic E-state index is 11.7. The largest absolute Gasteiger partial charge is 0.361 e. The van der Waals surface area contributed by atoms with Crippen LogP contribution in [-0.4, -0.2) is 23.4 Å². The number of aromatic nitrogens is 1. The number of rotatable bonds is 6. The Hall–Kier alpha value is -1.75. The minimum Gasteiger partial charge on any atom is -0.361 e. The van der Waals surface area contributed by atoms with Crippen molar-refractivity contribution in [1.29, 1.82) is 0 Å². The van der Waals surface area contributed by atoms with Crippen LogP contribution in [0.5, 0.6) is 0 Å². The Bertz CT molecular complexity index is 525. The van der Waals surface area contributed by atoms with E-state index in [4.69, 9.17) is 4.52 Å². The smallest absolute Gasteiger partial charge is 0.273 e. The van der Waals surface area contributed by atoms with Crippen LogP contribution in [0.1, 0.15) is 22.7 Å². The lowest BCUT2D eigenvalue weighted by Gasteiger charge is -2.03. The molecule has 2 rings (SSSR count). The molecule has 1 aromatic carbocycles. The zero-order valence-electron chi connectivity index (χ0n) is 10.8. The molecule has 0 saturated heterocycles. The molecule has 4 nitrogen and oxygen atoms in total. The fourth-order valence-electron chi connectivity index (χ4n) is 1.54. The van der Waals surface area contributed by atoms with Crippen molar-refractivity contribution >= 4 is 17.7 Å². The molecule has 1 amide bonds. The molecule has 0 spiro atoms. The highest BCUT2D eigenvalue weighted by Crippen LogP contribution is 2.17. The van der Waals surface area contributed by atoms with Crippen molar-refractivity contribution in [2.45, 2.75) is 18.2 Å². The van der Waals surface area contributed by atoms with Crippen molar-refractivity contribution in [1.82, 2.24) is 10.5 Å². The van der Waals surface area contributed by atoms with Crippen molar-refractivity contribution in [2.75, 3.05) is 12.3 Å². The molecule has 2 aromatic rings. The SMILES string of the molecule is Cc1cc(C(=O)NCCCSc2ccccc2)no1. The second-order valence-electron chi connectivity index (χ2n) is 4.09. The highest BCUT2D eigenvalue weighted by atomic mass is 32.2. The number of amides is 1. The molecular weight excluding hydrogens is 260 g/mol. The molecule has 19 heavy (non-hydrogen) atoms. The molecule has 0 aliphatic heterocycles. The Balaban J connectivity index is 1.63. The number of carbonyl (C=O) groups excluding carboxylic acids is 1. The number of nitrogens with one attached hydrogen (secondary N) is 1. The summed E-state index contributed by atoms with van der Waals surface area (Å²) in [7, 11) is 0. The number of carbonyl (C=O) groups is 1. The van der Waals surface area contributed by atoms with Crippen LogP contribution >= 0.6 is 11.8 Å². The molecular formula is C14H16N2O2S. The quantitative estimate of drug-likeness (QED) is 0.651. The van der Waals surface area contributed by atoms with E-state index < -0.39 is 0 Å². The molecule has 0 unspecified atom stereocenters. The zero-order valence-corrected chi connectivity index (χ0v) is 11.6. The molecule has 0 radical (unpaired) electrons.